The van der Waals surface area contributed by atoms with Gasteiger partial charge in [0.05, 0.1) is 5.69 Å². The van der Waals surface area contributed by atoms with Crippen molar-refractivity contribution in [2.45, 2.75) is 6.54 Å². The number of aromatic nitrogens is 2. The van der Waals surface area contributed by atoms with E-state index in [1.165, 1.54) is 0 Å². The van der Waals surface area contributed by atoms with Crippen molar-refractivity contribution >= 4 is 5.69 Å². The molecule has 0 aliphatic heterocycles. The Morgan fingerprint density at radius 2 is 2.21 bits per heavy atom. The van der Waals surface area contributed by atoms with Crippen molar-refractivity contribution in [2.24, 2.45) is 5.73 Å². The highest BCUT2D eigenvalue weighted by Crippen LogP contribution is 2.16. The van der Waals surface area contributed by atoms with E-state index >= 15 is 0 Å². The normalized spacial score (nSPS) is 10.4. The van der Waals surface area contributed by atoms with Crippen molar-refractivity contribution in [1.82, 2.24) is 9.78 Å². The topological polar surface area (TPSA) is 69.9 Å². The van der Waals surface area contributed by atoms with Gasteiger partial charge < -0.3 is 11.5 Å². The summed E-state index contributed by atoms with van der Waals surface area (Å²) < 4.78 is 1.78. The molecule has 14 heavy (non-hydrogen) atoms. The SMILES string of the molecule is NCc1cc(N)ccc1-n1cccn1. The van der Waals surface area contributed by atoms with Gasteiger partial charge in [0.25, 0.3) is 0 Å². The number of rotatable bonds is 2. The average molecular weight is 188 g/mol. The summed E-state index contributed by atoms with van der Waals surface area (Å²) in [6, 6.07) is 7.51. The minimum Gasteiger partial charge on any atom is -0.399 e. The van der Waals surface area contributed by atoms with Crippen LogP contribution in [-0.2, 0) is 6.54 Å². The lowest BCUT2D eigenvalue weighted by molar-refractivity contribution is 0.859. The molecular weight excluding hydrogens is 176 g/mol. The largest absolute Gasteiger partial charge is 0.399 e. The third-order valence-electron chi connectivity index (χ3n) is 2.07. The lowest BCUT2D eigenvalue weighted by Crippen LogP contribution is -2.05. The first-order valence-electron chi connectivity index (χ1n) is 4.40. The van der Waals surface area contributed by atoms with Crippen LogP contribution in [0, 0.1) is 0 Å². The van der Waals surface area contributed by atoms with Crippen LogP contribution in [0.3, 0.4) is 0 Å². The Bertz CT molecular complexity index is 420. The second-order valence-electron chi connectivity index (χ2n) is 3.04. The third-order valence-corrected chi connectivity index (χ3v) is 2.07. The Morgan fingerprint density at radius 1 is 1.36 bits per heavy atom. The quantitative estimate of drug-likeness (QED) is 0.688. The van der Waals surface area contributed by atoms with Gasteiger partial charge in [0.1, 0.15) is 0 Å². The standard InChI is InChI=1S/C10H12N4/c11-7-8-6-9(12)2-3-10(8)14-5-1-4-13-14/h1-6H,7,11-12H2. The van der Waals surface area contributed by atoms with E-state index in [1.54, 1.807) is 10.9 Å². The minimum atomic E-state index is 0.459. The highest BCUT2D eigenvalue weighted by Gasteiger charge is 2.03. The van der Waals surface area contributed by atoms with Crippen LogP contribution in [0.1, 0.15) is 5.56 Å². The summed E-state index contributed by atoms with van der Waals surface area (Å²) in [6.45, 7) is 0.459. The molecule has 2 rings (SSSR count). The van der Waals surface area contributed by atoms with E-state index in [-0.39, 0.29) is 0 Å². The maximum absolute atomic E-state index is 5.67. The fraction of sp³-hybridized carbons (Fsp3) is 0.100. The van der Waals surface area contributed by atoms with Crippen LogP contribution in [0.5, 0.6) is 0 Å². The number of hydrogen-bond donors (Lipinski definition) is 2. The van der Waals surface area contributed by atoms with E-state index in [9.17, 15) is 0 Å². The molecule has 4 N–H and O–H groups in total. The Balaban J connectivity index is 2.53. The Labute approximate surface area is 82.1 Å². The fourth-order valence-corrected chi connectivity index (χ4v) is 1.40. The van der Waals surface area contributed by atoms with E-state index in [0.29, 0.717) is 6.54 Å². The van der Waals surface area contributed by atoms with Crippen molar-refractivity contribution < 1.29 is 0 Å². The molecule has 0 amide bonds. The number of nitrogens with zero attached hydrogens (tertiary/aromatic N) is 2. The summed E-state index contributed by atoms with van der Waals surface area (Å²) in [4.78, 5) is 0. The van der Waals surface area contributed by atoms with E-state index in [4.69, 9.17) is 11.5 Å². The molecule has 4 heteroatoms. The predicted octanol–water partition coefficient (Wildman–Crippen LogP) is 0.913. The number of nitrogens with two attached hydrogens (primary N) is 2. The number of benzene rings is 1. The smallest absolute Gasteiger partial charge is 0.0691 e. The van der Waals surface area contributed by atoms with Crippen molar-refractivity contribution in [3.8, 4) is 5.69 Å². The van der Waals surface area contributed by atoms with Gasteiger partial charge in [-0.05, 0) is 29.8 Å². The lowest BCUT2D eigenvalue weighted by Gasteiger charge is -2.08. The summed E-state index contributed by atoms with van der Waals surface area (Å²) in [6.07, 6.45) is 3.61. The van der Waals surface area contributed by atoms with Crippen LogP contribution >= 0.6 is 0 Å². The van der Waals surface area contributed by atoms with Crippen LogP contribution < -0.4 is 11.5 Å². The van der Waals surface area contributed by atoms with E-state index < -0.39 is 0 Å². The summed E-state index contributed by atoms with van der Waals surface area (Å²) in [5.74, 6) is 0. The second kappa shape index (κ2) is 3.51. The van der Waals surface area contributed by atoms with Crippen LogP contribution in [0.15, 0.2) is 36.7 Å². The molecule has 72 valence electrons. The molecule has 0 aliphatic rings. The summed E-state index contributed by atoms with van der Waals surface area (Å²) >= 11 is 0. The molecular formula is C10H12N4. The van der Waals surface area contributed by atoms with Gasteiger partial charge in [0, 0.05) is 24.6 Å². The van der Waals surface area contributed by atoms with Gasteiger partial charge in [0.15, 0.2) is 0 Å². The van der Waals surface area contributed by atoms with E-state index in [2.05, 4.69) is 5.10 Å². The van der Waals surface area contributed by atoms with Gasteiger partial charge in [-0.15, -0.1) is 0 Å². The first kappa shape index (κ1) is 8.77. The van der Waals surface area contributed by atoms with Gasteiger partial charge in [-0.3, -0.25) is 0 Å². The van der Waals surface area contributed by atoms with Gasteiger partial charge in [0.2, 0.25) is 0 Å². The number of hydrogen-bond acceptors (Lipinski definition) is 3. The average Bonchev–Trinajstić information content (AvgIpc) is 2.70. The Morgan fingerprint density at radius 3 is 2.86 bits per heavy atom. The molecule has 1 heterocycles. The van der Waals surface area contributed by atoms with Crippen LogP contribution in [0.2, 0.25) is 0 Å². The highest BCUT2D eigenvalue weighted by molar-refractivity contribution is 5.51. The van der Waals surface area contributed by atoms with Crippen LogP contribution in [0.25, 0.3) is 5.69 Å². The summed E-state index contributed by atoms with van der Waals surface area (Å²) in [5.41, 5.74) is 14.0. The fourth-order valence-electron chi connectivity index (χ4n) is 1.40. The first-order valence-corrected chi connectivity index (χ1v) is 4.40. The molecule has 0 unspecified atom stereocenters. The zero-order valence-electron chi connectivity index (χ0n) is 7.72. The molecule has 0 spiro atoms. The van der Waals surface area contributed by atoms with E-state index in [0.717, 1.165) is 16.9 Å². The lowest BCUT2D eigenvalue weighted by atomic mass is 10.1. The molecule has 0 bridgehead atoms. The van der Waals surface area contributed by atoms with Crippen molar-refractivity contribution in [2.75, 3.05) is 5.73 Å². The van der Waals surface area contributed by atoms with Crippen molar-refractivity contribution in [3.63, 3.8) is 0 Å². The van der Waals surface area contributed by atoms with Gasteiger partial charge in [-0.25, -0.2) is 4.68 Å². The van der Waals surface area contributed by atoms with Gasteiger partial charge >= 0.3 is 0 Å². The summed E-state index contributed by atoms with van der Waals surface area (Å²) in [7, 11) is 0. The third kappa shape index (κ3) is 1.47. The molecule has 0 saturated heterocycles. The molecule has 2 aromatic rings. The predicted molar refractivity (Wildman–Crippen MR) is 55.9 cm³/mol. The second-order valence-corrected chi connectivity index (χ2v) is 3.04. The van der Waals surface area contributed by atoms with Gasteiger partial charge in [-0.1, -0.05) is 0 Å². The molecule has 1 aromatic carbocycles. The Kier molecular flexibility index (Phi) is 2.20. The van der Waals surface area contributed by atoms with Crippen LogP contribution in [-0.4, -0.2) is 9.78 Å². The minimum absolute atomic E-state index is 0.459. The molecule has 1 aromatic heterocycles. The highest BCUT2D eigenvalue weighted by atomic mass is 15.3. The van der Waals surface area contributed by atoms with Crippen molar-refractivity contribution in [3.05, 3.63) is 42.2 Å². The summed E-state index contributed by atoms with van der Waals surface area (Å²) in [5, 5.41) is 4.15. The molecule has 4 nitrogen and oxygen atoms in total. The maximum Gasteiger partial charge on any atom is 0.0691 e. The van der Waals surface area contributed by atoms with Crippen LogP contribution in [0.4, 0.5) is 5.69 Å². The first-order chi connectivity index (χ1) is 6.81. The molecule has 0 fully saturated rings. The molecule has 0 aliphatic carbocycles. The molecule has 0 atom stereocenters. The number of nitrogen functional groups attached to an aromatic ring is 1. The molecule has 0 radical (unpaired) electrons. The maximum atomic E-state index is 5.67. The Hall–Kier alpha value is -1.81. The monoisotopic (exact) mass is 188 g/mol. The zero-order chi connectivity index (χ0) is 9.97. The van der Waals surface area contributed by atoms with E-state index in [1.807, 2.05) is 30.5 Å². The number of anilines is 1. The van der Waals surface area contributed by atoms with Gasteiger partial charge in [-0.2, -0.15) is 5.10 Å². The van der Waals surface area contributed by atoms with Crippen molar-refractivity contribution in [1.29, 1.82) is 0 Å². The zero-order valence-corrected chi connectivity index (χ0v) is 7.72. The molecule has 0 saturated carbocycles.